The van der Waals surface area contributed by atoms with Crippen LogP contribution in [0.15, 0.2) is 18.3 Å². The van der Waals surface area contributed by atoms with Gasteiger partial charge < -0.3 is 14.5 Å². The van der Waals surface area contributed by atoms with Gasteiger partial charge in [0.15, 0.2) is 0 Å². The Morgan fingerprint density at radius 3 is 2.48 bits per heavy atom. The van der Waals surface area contributed by atoms with Crippen LogP contribution in [0.4, 0.5) is 4.79 Å². The van der Waals surface area contributed by atoms with Crippen molar-refractivity contribution in [2.24, 2.45) is 0 Å². The smallest absolute Gasteiger partial charge is 0.410 e. The van der Waals surface area contributed by atoms with Crippen LogP contribution in [0, 0.1) is 0 Å². The summed E-state index contributed by atoms with van der Waals surface area (Å²) < 4.78 is 5.51. The van der Waals surface area contributed by atoms with Crippen LogP contribution in [0.2, 0.25) is 0 Å². The van der Waals surface area contributed by atoms with Gasteiger partial charge in [0, 0.05) is 18.3 Å². The topological polar surface area (TPSA) is 62.7 Å². The number of pyridine rings is 1. The first kappa shape index (κ1) is 21.1. The van der Waals surface area contributed by atoms with Crippen LogP contribution in [-0.4, -0.2) is 59.9 Å². The Hall–Kier alpha value is -1.95. The highest BCUT2D eigenvalue weighted by Gasteiger charge is 2.22. The second-order valence-electron chi connectivity index (χ2n) is 7.46. The molecule has 0 fully saturated rings. The highest BCUT2D eigenvalue weighted by atomic mass is 16.6. The average molecular weight is 349 g/mol. The molecule has 6 nitrogen and oxygen atoms in total. The highest BCUT2D eigenvalue weighted by molar-refractivity contribution is 5.74. The molecule has 0 bridgehead atoms. The Morgan fingerprint density at radius 1 is 1.20 bits per heavy atom. The normalized spacial score (nSPS) is 11.4. The summed E-state index contributed by atoms with van der Waals surface area (Å²) in [5, 5.41) is 0. The number of unbranched alkanes of at least 4 members (excludes halogenated alkanes) is 2. The molecule has 1 amide bonds. The van der Waals surface area contributed by atoms with Gasteiger partial charge in [0.2, 0.25) is 0 Å². The fourth-order valence-electron chi connectivity index (χ4n) is 2.32. The van der Waals surface area contributed by atoms with E-state index in [2.05, 4.69) is 24.0 Å². The molecule has 0 radical (unpaired) electrons. The Bertz CT molecular complexity index is 553. The van der Waals surface area contributed by atoms with Crippen molar-refractivity contribution < 1.29 is 14.3 Å². The van der Waals surface area contributed by atoms with Crippen molar-refractivity contribution in [3.05, 3.63) is 29.6 Å². The number of amides is 1. The average Bonchev–Trinajstić information content (AvgIpc) is 2.51. The van der Waals surface area contributed by atoms with Gasteiger partial charge in [0.05, 0.1) is 12.2 Å². The molecular formula is C19H31N3O3. The van der Waals surface area contributed by atoms with E-state index in [0.717, 1.165) is 32.1 Å². The molecule has 1 rings (SSSR count). The number of nitrogens with zero attached hydrogens (tertiary/aromatic N) is 3. The van der Waals surface area contributed by atoms with Gasteiger partial charge in [-0.2, -0.15) is 0 Å². The summed E-state index contributed by atoms with van der Waals surface area (Å²) in [6.45, 7) is 7.54. The quantitative estimate of drug-likeness (QED) is 0.505. The van der Waals surface area contributed by atoms with Gasteiger partial charge in [-0.3, -0.25) is 9.78 Å². The van der Waals surface area contributed by atoms with Crippen LogP contribution < -0.4 is 0 Å². The molecule has 1 aromatic rings. The van der Waals surface area contributed by atoms with Gasteiger partial charge in [-0.15, -0.1) is 0 Å². The molecule has 0 saturated heterocycles. The number of carbonyl (C=O) groups excluding carboxylic acids is 2. The van der Waals surface area contributed by atoms with Crippen molar-refractivity contribution in [1.29, 1.82) is 0 Å². The second-order valence-corrected chi connectivity index (χ2v) is 7.46. The third-order valence-electron chi connectivity index (χ3n) is 3.51. The van der Waals surface area contributed by atoms with Crippen molar-refractivity contribution in [3.8, 4) is 0 Å². The maximum atomic E-state index is 12.5. The predicted octanol–water partition coefficient (Wildman–Crippen LogP) is 3.36. The van der Waals surface area contributed by atoms with Crippen molar-refractivity contribution >= 4 is 12.4 Å². The molecular weight excluding hydrogens is 318 g/mol. The van der Waals surface area contributed by atoms with E-state index in [9.17, 15) is 9.59 Å². The largest absolute Gasteiger partial charge is 0.444 e. The molecule has 0 aliphatic carbocycles. The number of hydrogen-bond acceptors (Lipinski definition) is 5. The summed E-state index contributed by atoms with van der Waals surface area (Å²) in [6, 6.07) is 3.35. The Morgan fingerprint density at radius 2 is 1.88 bits per heavy atom. The molecule has 0 atom stereocenters. The maximum absolute atomic E-state index is 12.5. The van der Waals surface area contributed by atoms with Gasteiger partial charge in [0.25, 0.3) is 0 Å². The van der Waals surface area contributed by atoms with Gasteiger partial charge in [0.1, 0.15) is 11.9 Å². The molecule has 0 unspecified atom stereocenters. The van der Waals surface area contributed by atoms with E-state index in [0.29, 0.717) is 24.3 Å². The van der Waals surface area contributed by atoms with Crippen LogP contribution in [0.25, 0.3) is 0 Å². The number of rotatable bonds is 9. The minimum atomic E-state index is -0.543. The maximum Gasteiger partial charge on any atom is 0.410 e. The third-order valence-corrected chi connectivity index (χ3v) is 3.51. The zero-order chi connectivity index (χ0) is 18.9. The van der Waals surface area contributed by atoms with Crippen LogP contribution in [0.1, 0.15) is 56.1 Å². The molecule has 140 valence electrons. The van der Waals surface area contributed by atoms with Crippen molar-refractivity contribution in [1.82, 2.24) is 14.8 Å². The summed E-state index contributed by atoms with van der Waals surface area (Å²) in [5.41, 5.74) is 0.696. The van der Waals surface area contributed by atoms with Crippen LogP contribution in [0.3, 0.4) is 0 Å². The Kier molecular flexibility index (Phi) is 8.55. The third kappa shape index (κ3) is 9.19. The predicted molar refractivity (Wildman–Crippen MR) is 98.7 cm³/mol. The molecule has 0 saturated carbocycles. The Labute approximate surface area is 151 Å². The monoisotopic (exact) mass is 349 g/mol. The lowest BCUT2D eigenvalue weighted by Crippen LogP contribution is -2.37. The number of aldehydes is 1. The zero-order valence-electron chi connectivity index (χ0n) is 16.1. The summed E-state index contributed by atoms with van der Waals surface area (Å²) in [4.78, 5) is 31.5. The van der Waals surface area contributed by atoms with E-state index in [-0.39, 0.29) is 6.09 Å². The van der Waals surface area contributed by atoms with E-state index in [1.165, 1.54) is 0 Å². The van der Waals surface area contributed by atoms with Gasteiger partial charge >= 0.3 is 6.09 Å². The van der Waals surface area contributed by atoms with E-state index in [1.807, 2.05) is 20.8 Å². The molecule has 25 heavy (non-hydrogen) atoms. The first-order valence-electron chi connectivity index (χ1n) is 8.74. The molecule has 0 aliphatic heterocycles. The summed E-state index contributed by atoms with van der Waals surface area (Å²) in [5.74, 6) is 0. The van der Waals surface area contributed by atoms with E-state index in [1.54, 1.807) is 23.2 Å². The second kappa shape index (κ2) is 10.1. The van der Waals surface area contributed by atoms with E-state index >= 15 is 0 Å². The fraction of sp³-hybridized carbons (Fsp3) is 0.632. The lowest BCUT2D eigenvalue weighted by molar-refractivity contribution is 0.0227. The van der Waals surface area contributed by atoms with Crippen LogP contribution in [-0.2, 0) is 11.3 Å². The highest BCUT2D eigenvalue weighted by Crippen LogP contribution is 2.13. The molecule has 1 aromatic heterocycles. The molecule has 6 heteroatoms. The van der Waals surface area contributed by atoms with Gasteiger partial charge in [-0.05, 0) is 66.4 Å². The summed E-state index contributed by atoms with van der Waals surface area (Å²) in [7, 11) is 4.11. The number of aromatic nitrogens is 1. The lowest BCUT2D eigenvalue weighted by atomic mass is 10.2. The molecule has 0 N–H and O–H groups in total. The summed E-state index contributed by atoms with van der Waals surface area (Å²) >= 11 is 0. The summed E-state index contributed by atoms with van der Waals surface area (Å²) in [6.07, 6.45) is 5.06. The van der Waals surface area contributed by atoms with E-state index in [4.69, 9.17) is 4.74 Å². The number of carbonyl (C=O) groups is 2. The minimum absolute atomic E-state index is 0.338. The SMILES string of the molecule is CN(C)CCCCCN(Cc1cc(C=O)ccn1)C(=O)OC(C)(C)C. The number of ether oxygens (including phenoxy) is 1. The fourth-order valence-corrected chi connectivity index (χ4v) is 2.32. The van der Waals surface area contributed by atoms with Crippen molar-refractivity contribution in [2.45, 2.75) is 52.2 Å². The number of hydrogen-bond donors (Lipinski definition) is 0. The minimum Gasteiger partial charge on any atom is -0.444 e. The van der Waals surface area contributed by atoms with Gasteiger partial charge in [-0.25, -0.2) is 4.79 Å². The van der Waals surface area contributed by atoms with Gasteiger partial charge in [-0.1, -0.05) is 6.42 Å². The van der Waals surface area contributed by atoms with Crippen molar-refractivity contribution in [3.63, 3.8) is 0 Å². The first-order chi connectivity index (χ1) is 11.7. The molecule has 1 heterocycles. The van der Waals surface area contributed by atoms with Crippen molar-refractivity contribution in [2.75, 3.05) is 27.2 Å². The zero-order valence-corrected chi connectivity index (χ0v) is 16.1. The van der Waals surface area contributed by atoms with E-state index < -0.39 is 5.60 Å². The molecule has 0 aromatic carbocycles. The van der Waals surface area contributed by atoms with Crippen LogP contribution >= 0.6 is 0 Å². The molecule has 0 aliphatic rings. The molecule has 0 spiro atoms. The first-order valence-corrected chi connectivity index (χ1v) is 8.74. The standard InChI is InChI=1S/C19H31N3O3/c1-19(2,3)25-18(24)22(12-8-6-7-11-21(4)5)14-17-13-16(15-23)9-10-20-17/h9-10,13,15H,6-8,11-12,14H2,1-5H3. The Balaban J connectivity index is 2.69. The van der Waals surface area contributed by atoms with Crippen LogP contribution in [0.5, 0.6) is 0 Å². The lowest BCUT2D eigenvalue weighted by Gasteiger charge is -2.27.